The molecule has 3 rings (SSSR count). The van der Waals surface area contributed by atoms with E-state index in [1.165, 1.54) is 12.1 Å². The number of pyridine rings is 1. The summed E-state index contributed by atoms with van der Waals surface area (Å²) < 4.78 is 0. The highest BCUT2D eigenvalue weighted by molar-refractivity contribution is 6.00. The van der Waals surface area contributed by atoms with E-state index in [9.17, 15) is 14.9 Å². The van der Waals surface area contributed by atoms with E-state index in [1.54, 1.807) is 30.4 Å². The molecule has 1 aromatic carbocycles. The number of benzene rings is 1. The fourth-order valence-electron chi connectivity index (χ4n) is 3.09. The van der Waals surface area contributed by atoms with Crippen molar-refractivity contribution in [3.8, 4) is 0 Å². The number of carbonyl (C=O) groups excluding carboxylic acids is 1. The summed E-state index contributed by atoms with van der Waals surface area (Å²) in [5, 5.41) is 11.1. The van der Waals surface area contributed by atoms with Gasteiger partial charge in [0.05, 0.1) is 16.2 Å². The Labute approximate surface area is 146 Å². The van der Waals surface area contributed by atoms with Gasteiger partial charge >= 0.3 is 0 Å². The van der Waals surface area contributed by atoms with Gasteiger partial charge in [-0.1, -0.05) is 6.07 Å². The minimum absolute atomic E-state index is 0.0684. The van der Waals surface area contributed by atoms with Gasteiger partial charge in [-0.25, -0.2) is 0 Å². The number of carbonyl (C=O) groups is 1. The number of amides is 1. The number of hydrogen-bond donors (Lipinski definition) is 0. The first-order valence-corrected chi connectivity index (χ1v) is 8.24. The molecule has 0 spiro atoms. The average Bonchev–Trinajstić information content (AvgIpc) is 3.15. The summed E-state index contributed by atoms with van der Waals surface area (Å²) in [7, 11) is 1.70. The first-order chi connectivity index (χ1) is 12.1. The van der Waals surface area contributed by atoms with Crippen molar-refractivity contribution in [1.29, 1.82) is 0 Å². The molecule has 0 saturated carbocycles. The fraction of sp³-hybridized carbons (Fsp3) is 0.333. The summed E-state index contributed by atoms with van der Waals surface area (Å²) in [6.07, 6.45) is 5.52. The summed E-state index contributed by atoms with van der Waals surface area (Å²) in [5.74, 6) is -0.227. The van der Waals surface area contributed by atoms with E-state index in [2.05, 4.69) is 9.88 Å². The number of nitrogens with zero attached hydrogens (tertiary/aromatic N) is 4. The van der Waals surface area contributed by atoms with Crippen molar-refractivity contribution >= 4 is 17.3 Å². The molecular weight excluding hydrogens is 320 g/mol. The van der Waals surface area contributed by atoms with Crippen molar-refractivity contribution in [3.63, 3.8) is 0 Å². The second-order valence-electron chi connectivity index (χ2n) is 6.18. The molecule has 0 aliphatic carbocycles. The summed E-state index contributed by atoms with van der Waals surface area (Å²) >= 11 is 0. The Morgan fingerprint density at radius 3 is 2.72 bits per heavy atom. The van der Waals surface area contributed by atoms with E-state index in [-0.39, 0.29) is 11.6 Å². The molecule has 0 radical (unpaired) electrons. The lowest BCUT2D eigenvalue weighted by atomic mass is 10.1. The molecule has 2 aromatic rings. The highest BCUT2D eigenvalue weighted by Gasteiger charge is 2.24. The SMILES string of the molecule is CN(Cc1cccnc1)C(=O)c1cc([N+](=O)[O-])ccc1N1CCCC1. The molecule has 0 N–H and O–H groups in total. The zero-order valence-electron chi connectivity index (χ0n) is 14.1. The lowest BCUT2D eigenvalue weighted by Crippen LogP contribution is -2.29. The molecule has 2 heterocycles. The minimum atomic E-state index is -0.467. The largest absolute Gasteiger partial charge is 0.371 e. The van der Waals surface area contributed by atoms with E-state index < -0.39 is 4.92 Å². The van der Waals surface area contributed by atoms with Gasteiger partial charge in [0.1, 0.15) is 0 Å². The third kappa shape index (κ3) is 3.76. The lowest BCUT2D eigenvalue weighted by molar-refractivity contribution is -0.384. The van der Waals surface area contributed by atoms with E-state index >= 15 is 0 Å². The summed E-state index contributed by atoms with van der Waals surface area (Å²) in [4.78, 5) is 31.4. The highest BCUT2D eigenvalue weighted by atomic mass is 16.6. The number of hydrogen-bond acceptors (Lipinski definition) is 5. The standard InChI is InChI=1S/C18H20N4O3/c1-20(13-14-5-4-8-19-12-14)18(23)16-11-15(22(24)25)6-7-17(16)21-9-2-3-10-21/h4-8,11-12H,2-3,9-10,13H2,1H3. The first kappa shape index (κ1) is 16.9. The van der Waals surface area contributed by atoms with Crippen LogP contribution in [-0.4, -0.2) is 40.9 Å². The number of anilines is 1. The molecule has 25 heavy (non-hydrogen) atoms. The molecule has 1 saturated heterocycles. The van der Waals surface area contributed by atoms with Gasteiger partial charge in [0.25, 0.3) is 11.6 Å². The van der Waals surface area contributed by atoms with Gasteiger partial charge in [-0.3, -0.25) is 19.9 Å². The van der Waals surface area contributed by atoms with Crippen LogP contribution >= 0.6 is 0 Å². The lowest BCUT2D eigenvalue weighted by Gasteiger charge is -2.24. The Hall–Kier alpha value is -2.96. The van der Waals surface area contributed by atoms with Gasteiger partial charge in [0.15, 0.2) is 0 Å². The van der Waals surface area contributed by atoms with Crippen molar-refractivity contribution in [1.82, 2.24) is 9.88 Å². The van der Waals surface area contributed by atoms with E-state index in [0.29, 0.717) is 12.1 Å². The highest BCUT2D eigenvalue weighted by Crippen LogP contribution is 2.29. The van der Waals surface area contributed by atoms with E-state index in [0.717, 1.165) is 37.2 Å². The Morgan fingerprint density at radius 1 is 1.32 bits per heavy atom. The Morgan fingerprint density at radius 2 is 2.08 bits per heavy atom. The van der Waals surface area contributed by atoms with Crippen LogP contribution in [0.15, 0.2) is 42.7 Å². The molecule has 1 aromatic heterocycles. The number of rotatable bonds is 5. The molecule has 1 aliphatic rings. The maximum atomic E-state index is 13.0. The van der Waals surface area contributed by atoms with Gasteiger partial charge < -0.3 is 9.80 Å². The fourth-order valence-corrected chi connectivity index (χ4v) is 3.09. The predicted octanol–water partition coefficient (Wildman–Crippen LogP) is 2.86. The van der Waals surface area contributed by atoms with Crippen LogP contribution in [0.1, 0.15) is 28.8 Å². The van der Waals surface area contributed by atoms with Crippen LogP contribution in [0.5, 0.6) is 0 Å². The van der Waals surface area contributed by atoms with E-state index in [1.807, 2.05) is 12.1 Å². The Balaban J connectivity index is 1.90. The summed E-state index contributed by atoms with van der Waals surface area (Å²) in [5.41, 5.74) is 1.99. The number of nitro benzene ring substituents is 1. The quantitative estimate of drug-likeness (QED) is 0.618. The van der Waals surface area contributed by atoms with Gasteiger partial charge in [0, 0.05) is 51.2 Å². The average molecular weight is 340 g/mol. The molecule has 0 unspecified atom stereocenters. The molecule has 7 heteroatoms. The normalized spacial score (nSPS) is 13.7. The van der Waals surface area contributed by atoms with Gasteiger partial charge in [-0.2, -0.15) is 0 Å². The van der Waals surface area contributed by atoms with Crippen LogP contribution in [0, 0.1) is 10.1 Å². The summed E-state index contributed by atoms with van der Waals surface area (Å²) in [6.45, 7) is 2.13. The molecule has 1 amide bonds. The topological polar surface area (TPSA) is 79.6 Å². The predicted molar refractivity (Wildman–Crippen MR) is 94.6 cm³/mol. The molecule has 1 fully saturated rings. The second-order valence-corrected chi connectivity index (χ2v) is 6.18. The van der Waals surface area contributed by atoms with Crippen LogP contribution in [-0.2, 0) is 6.54 Å². The van der Waals surface area contributed by atoms with Crippen molar-refractivity contribution < 1.29 is 9.72 Å². The van der Waals surface area contributed by atoms with Crippen LogP contribution < -0.4 is 4.90 Å². The van der Waals surface area contributed by atoms with Crippen LogP contribution in [0.25, 0.3) is 0 Å². The van der Waals surface area contributed by atoms with Crippen LogP contribution in [0.2, 0.25) is 0 Å². The smallest absolute Gasteiger partial charge is 0.270 e. The Bertz CT molecular complexity index is 773. The van der Waals surface area contributed by atoms with Gasteiger partial charge in [0.2, 0.25) is 0 Å². The van der Waals surface area contributed by atoms with E-state index in [4.69, 9.17) is 0 Å². The van der Waals surface area contributed by atoms with Crippen molar-refractivity contribution in [3.05, 3.63) is 64.0 Å². The maximum Gasteiger partial charge on any atom is 0.270 e. The molecule has 7 nitrogen and oxygen atoms in total. The monoisotopic (exact) mass is 340 g/mol. The molecular formula is C18H20N4O3. The number of aromatic nitrogens is 1. The van der Waals surface area contributed by atoms with Crippen LogP contribution in [0.4, 0.5) is 11.4 Å². The molecule has 0 atom stereocenters. The Kier molecular flexibility index (Phi) is 4.92. The van der Waals surface area contributed by atoms with Crippen molar-refractivity contribution in [2.75, 3.05) is 25.0 Å². The third-order valence-corrected chi connectivity index (χ3v) is 4.36. The first-order valence-electron chi connectivity index (χ1n) is 8.24. The third-order valence-electron chi connectivity index (χ3n) is 4.36. The van der Waals surface area contributed by atoms with Crippen LogP contribution in [0.3, 0.4) is 0 Å². The van der Waals surface area contributed by atoms with Crippen molar-refractivity contribution in [2.45, 2.75) is 19.4 Å². The number of nitro groups is 1. The zero-order valence-corrected chi connectivity index (χ0v) is 14.1. The van der Waals surface area contributed by atoms with Crippen molar-refractivity contribution in [2.24, 2.45) is 0 Å². The number of non-ortho nitro benzene ring substituents is 1. The zero-order chi connectivity index (χ0) is 17.8. The molecule has 130 valence electrons. The minimum Gasteiger partial charge on any atom is -0.371 e. The van der Waals surface area contributed by atoms with Gasteiger partial charge in [-0.15, -0.1) is 0 Å². The van der Waals surface area contributed by atoms with Gasteiger partial charge in [-0.05, 0) is 30.5 Å². The molecule has 0 bridgehead atoms. The molecule has 1 aliphatic heterocycles. The maximum absolute atomic E-state index is 13.0. The summed E-state index contributed by atoms with van der Waals surface area (Å²) in [6, 6.07) is 8.25. The second kappa shape index (κ2) is 7.29.